The lowest BCUT2D eigenvalue weighted by molar-refractivity contribution is 0.0646. The van der Waals surface area contributed by atoms with Crippen LogP contribution in [0.3, 0.4) is 0 Å². The number of likely N-dealkylation sites (tertiary alicyclic amines) is 1. The predicted octanol–water partition coefficient (Wildman–Crippen LogP) is 3.28. The molecule has 6 nitrogen and oxygen atoms in total. The molecule has 0 spiro atoms. The Balaban J connectivity index is 1.63. The molecule has 0 aliphatic carbocycles. The molecule has 1 saturated heterocycles. The van der Waals surface area contributed by atoms with E-state index in [1.54, 1.807) is 4.90 Å². The fourth-order valence-electron chi connectivity index (χ4n) is 2.70. The van der Waals surface area contributed by atoms with Crippen molar-refractivity contribution in [2.75, 3.05) is 13.1 Å². The number of rotatable bonds is 6. The van der Waals surface area contributed by atoms with Crippen LogP contribution in [0, 0.1) is 5.92 Å². The summed E-state index contributed by atoms with van der Waals surface area (Å²) >= 11 is 0. The molecule has 0 atom stereocenters. The van der Waals surface area contributed by atoms with Gasteiger partial charge in [-0.05, 0) is 45.4 Å². The molecule has 122 valence electrons. The summed E-state index contributed by atoms with van der Waals surface area (Å²) in [6.45, 7) is 5.19. The smallest absolute Gasteiger partial charge is 0.410 e. The maximum absolute atomic E-state index is 11.8. The molecule has 0 radical (unpaired) electrons. The van der Waals surface area contributed by atoms with E-state index in [4.69, 9.17) is 9.15 Å². The van der Waals surface area contributed by atoms with Crippen molar-refractivity contribution in [3.05, 3.63) is 18.4 Å². The van der Waals surface area contributed by atoms with Crippen molar-refractivity contribution in [3.63, 3.8) is 0 Å². The molecule has 22 heavy (non-hydrogen) atoms. The Morgan fingerprint density at radius 1 is 1.41 bits per heavy atom. The van der Waals surface area contributed by atoms with Crippen LogP contribution in [-0.4, -0.2) is 41.0 Å². The Morgan fingerprint density at radius 2 is 2.14 bits per heavy atom. The topological polar surface area (TPSA) is 72.6 Å². The van der Waals surface area contributed by atoms with E-state index in [2.05, 4.69) is 4.98 Å². The van der Waals surface area contributed by atoms with Crippen LogP contribution in [0.5, 0.6) is 0 Å². The number of oxazole rings is 1. The molecule has 0 aromatic carbocycles. The lowest BCUT2D eigenvalue weighted by atomic mass is 9.91. The van der Waals surface area contributed by atoms with E-state index < -0.39 is 0 Å². The number of piperidine rings is 1. The molecule has 2 rings (SSSR count). The second-order valence-electron chi connectivity index (χ2n) is 6.02. The highest BCUT2D eigenvalue weighted by Gasteiger charge is 2.24. The van der Waals surface area contributed by atoms with Crippen molar-refractivity contribution in [2.45, 2.75) is 52.1 Å². The third kappa shape index (κ3) is 4.86. The Morgan fingerprint density at radius 3 is 2.73 bits per heavy atom. The maximum Gasteiger partial charge on any atom is 0.410 e. The fraction of sp³-hybridized carbons (Fsp3) is 0.688. The number of aromatic nitrogens is 1. The molecule has 2 heterocycles. The lowest BCUT2D eigenvalue weighted by Crippen LogP contribution is -2.39. The third-order valence-electron chi connectivity index (χ3n) is 3.90. The quantitative estimate of drug-likeness (QED) is 0.754. The maximum atomic E-state index is 11.8. The molecular formula is C16H24N2O4. The van der Waals surface area contributed by atoms with Crippen LogP contribution in [-0.2, 0) is 4.74 Å². The van der Waals surface area contributed by atoms with Crippen molar-refractivity contribution >= 4 is 11.9 Å². The van der Waals surface area contributed by atoms with E-state index in [0.29, 0.717) is 12.3 Å². The first-order chi connectivity index (χ1) is 10.6. The Labute approximate surface area is 130 Å². The molecule has 1 aliphatic rings. The molecule has 1 aromatic heterocycles. The van der Waals surface area contributed by atoms with Crippen LogP contribution in [0.4, 0.5) is 4.79 Å². The monoisotopic (exact) mass is 308 g/mol. The van der Waals surface area contributed by atoms with Gasteiger partial charge in [0.2, 0.25) is 5.78 Å². The molecule has 1 fully saturated rings. The zero-order valence-electron chi connectivity index (χ0n) is 13.3. The van der Waals surface area contributed by atoms with Gasteiger partial charge in [0.1, 0.15) is 6.26 Å². The van der Waals surface area contributed by atoms with Gasteiger partial charge in [-0.15, -0.1) is 0 Å². The van der Waals surface area contributed by atoms with Gasteiger partial charge in [0.05, 0.1) is 12.3 Å². The van der Waals surface area contributed by atoms with Gasteiger partial charge in [-0.2, -0.15) is 0 Å². The minimum Gasteiger partial charge on any atom is -0.447 e. The predicted molar refractivity (Wildman–Crippen MR) is 80.6 cm³/mol. The highest BCUT2D eigenvalue weighted by Crippen LogP contribution is 2.23. The first kappa shape index (κ1) is 16.5. The van der Waals surface area contributed by atoms with Crippen molar-refractivity contribution in [1.82, 2.24) is 9.88 Å². The average Bonchev–Trinajstić information content (AvgIpc) is 3.01. The van der Waals surface area contributed by atoms with Gasteiger partial charge >= 0.3 is 6.09 Å². The number of nitrogens with zero attached hydrogens (tertiary/aromatic N) is 2. The van der Waals surface area contributed by atoms with Crippen molar-refractivity contribution in [3.8, 4) is 0 Å². The van der Waals surface area contributed by atoms with Crippen molar-refractivity contribution in [2.24, 2.45) is 5.92 Å². The highest BCUT2D eigenvalue weighted by atomic mass is 16.6. The molecule has 0 saturated carbocycles. The Hall–Kier alpha value is -1.85. The molecule has 6 heteroatoms. The molecule has 1 aromatic rings. The molecular weight excluding hydrogens is 284 g/mol. The number of hydrogen-bond acceptors (Lipinski definition) is 5. The second-order valence-corrected chi connectivity index (χ2v) is 6.02. The number of carbonyl (C=O) groups excluding carboxylic acids is 2. The minimum absolute atomic E-state index is 0.0389. The van der Waals surface area contributed by atoms with E-state index >= 15 is 0 Å². The number of hydrogen-bond donors (Lipinski definition) is 0. The van der Waals surface area contributed by atoms with Gasteiger partial charge in [0.15, 0.2) is 0 Å². The SMILES string of the molecule is CC(C)OC(=O)N1CCC(CCCC(=O)c2ncco2)CC1. The zero-order valence-corrected chi connectivity index (χ0v) is 13.3. The van der Waals surface area contributed by atoms with Gasteiger partial charge in [0, 0.05) is 19.5 Å². The standard InChI is InChI=1S/C16H24N2O4/c1-12(2)22-16(20)18-9-6-13(7-10-18)4-3-5-14(19)15-17-8-11-21-15/h8,11-13H,3-7,9-10H2,1-2H3. The Bertz CT molecular complexity index is 476. The van der Waals surface area contributed by atoms with Crippen LogP contribution < -0.4 is 0 Å². The van der Waals surface area contributed by atoms with E-state index in [1.165, 1.54) is 12.5 Å². The summed E-state index contributed by atoms with van der Waals surface area (Å²) in [6.07, 6.45) is 6.86. The van der Waals surface area contributed by atoms with Gasteiger partial charge in [-0.1, -0.05) is 0 Å². The summed E-state index contributed by atoms with van der Waals surface area (Å²) in [5, 5.41) is 0. The largest absolute Gasteiger partial charge is 0.447 e. The zero-order chi connectivity index (χ0) is 15.9. The van der Waals surface area contributed by atoms with E-state index in [-0.39, 0.29) is 23.9 Å². The van der Waals surface area contributed by atoms with Gasteiger partial charge in [-0.3, -0.25) is 4.79 Å². The second kappa shape index (κ2) is 7.96. The van der Waals surface area contributed by atoms with E-state index in [1.807, 2.05) is 13.8 Å². The molecule has 0 N–H and O–H groups in total. The van der Waals surface area contributed by atoms with Gasteiger partial charge < -0.3 is 14.1 Å². The number of ether oxygens (including phenoxy) is 1. The highest BCUT2D eigenvalue weighted by molar-refractivity contribution is 5.91. The summed E-state index contributed by atoms with van der Waals surface area (Å²) in [7, 11) is 0. The Kier molecular flexibility index (Phi) is 5.98. The van der Waals surface area contributed by atoms with Crippen LogP contribution in [0.1, 0.15) is 56.6 Å². The van der Waals surface area contributed by atoms with Gasteiger partial charge in [0.25, 0.3) is 5.89 Å². The average molecular weight is 308 g/mol. The number of ketones is 1. The fourth-order valence-corrected chi connectivity index (χ4v) is 2.70. The number of Topliss-reactive ketones (excluding diaryl/α,β-unsaturated/α-hetero) is 1. The molecule has 0 bridgehead atoms. The van der Waals surface area contributed by atoms with E-state index in [9.17, 15) is 9.59 Å². The van der Waals surface area contributed by atoms with Crippen molar-refractivity contribution in [1.29, 1.82) is 0 Å². The first-order valence-corrected chi connectivity index (χ1v) is 7.94. The van der Waals surface area contributed by atoms with Crippen LogP contribution in [0.15, 0.2) is 16.9 Å². The molecule has 0 unspecified atom stereocenters. The minimum atomic E-state index is -0.215. The van der Waals surface area contributed by atoms with Crippen LogP contribution >= 0.6 is 0 Å². The van der Waals surface area contributed by atoms with Crippen molar-refractivity contribution < 1.29 is 18.7 Å². The van der Waals surface area contributed by atoms with Crippen LogP contribution in [0.2, 0.25) is 0 Å². The van der Waals surface area contributed by atoms with Crippen LogP contribution in [0.25, 0.3) is 0 Å². The summed E-state index contributed by atoms with van der Waals surface area (Å²) in [5.74, 6) is 0.731. The molecule has 1 aliphatic heterocycles. The lowest BCUT2D eigenvalue weighted by Gasteiger charge is -2.31. The van der Waals surface area contributed by atoms with E-state index in [0.717, 1.165) is 38.8 Å². The number of amides is 1. The first-order valence-electron chi connectivity index (χ1n) is 7.94. The summed E-state index contributed by atoms with van der Waals surface area (Å²) in [4.78, 5) is 29.2. The summed E-state index contributed by atoms with van der Waals surface area (Å²) in [5.41, 5.74) is 0. The number of carbonyl (C=O) groups is 2. The molecule has 1 amide bonds. The summed E-state index contributed by atoms with van der Waals surface area (Å²) < 4.78 is 10.2. The van der Waals surface area contributed by atoms with Gasteiger partial charge in [-0.25, -0.2) is 9.78 Å². The summed E-state index contributed by atoms with van der Waals surface area (Å²) in [6, 6.07) is 0. The normalized spacial score (nSPS) is 16.0. The third-order valence-corrected chi connectivity index (χ3v) is 3.90.